The van der Waals surface area contributed by atoms with Gasteiger partial charge in [-0.05, 0) is 66.8 Å². The van der Waals surface area contributed by atoms with Crippen LogP contribution in [-0.4, -0.2) is 31.3 Å². The number of hydrogen-bond acceptors (Lipinski definition) is 5. The van der Waals surface area contributed by atoms with E-state index in [1.807, 2.05) is 19.1 Å². The summed E-state index contributed by atoms with van der Waals surface area (Å²) in [7, 11) is 0. The van der Waals surface area contributed by atoms with Crippen LogP contribution in [-0.2, 0) is 4.74 Å². The van der Waals surface area contributed by atoms with E-state index in [0.29, 0.717) is 6.42 Å². The molecule has 1 aliphatic rings. The average molecular weight is 416 g/mol. The van der Waals surface area contributed by atoms with Gasteiger partial charge < -0.3 is 9.64 Å². The maximum absolute atomic E-state index is 11.9. The summed E-state index contributed by atoms with van der Waals surface area (Å²) >= 11 is 0. The van der Waals surface area contributed by atoms with Gasteiger partial charge in [0.15, 0.2) is 0 Å². The van der Waals surface area contributed by atoms with E-state index < -0.39 is 6.04 Å². The van der Waals surface area contributed by atoms with E-state index in [4.69, 9.17) is 4.74 Å². The van der Waals surface area contributed by atoms with Crippen LogP contribution in [0.3, 0.4) is 0 Å². The summed E-state index contributed by atoms with van der Waals surface area (Å²) in [6.07, 6.45) is 2.37. The van der Waals surface area contributed by atoms with Crippen LogP contribution < -0.4 is 4.90 Å². The van der Waals surface area contributed by atoms with Crippen molar-refractivity contribution in [1.82, 2.24) is 4.98 Å². The predicted octanol–water partition coefficient (Wildman–Crippen LogP) is 5.56. The molecule has 1 aromatic heterocycles. The highest BCUT2D eigenvalue weighted by Crippen LogP contribution is 2.37. The molecule has 2 aromatic carbocycles. The van der Waals surface area contributed by atoms with Crippen molar-refractivity contribution in [2.45, 2.75) is 32.2 Å². The highest BCUT2D eigenvalue weighted by Gasteiger charge is 2.24. The van der Waals surface area contributed by atoms with Gasteiger partial charge in [-0.2, -0.15) is 4.91 Å². The van der Waals surface area contributed by atoms with Gasteiger partial charge in [-0.3, -0.25) is 4.98 Å². The monoisotopic (exact) mass is 415 g/mol. The molecule has 1 unspecified atom stereocenters. The number of anilines is 1. The maximum atomic E-state index is 11.9. The first-order valence-electron chi connectivity index (χ1n) is 10.9. The zero-order valence-electron chi connectivity index (χ0n) is 18.2. The van der Waals surface area contributed by atoms with Gasteiger partial charge in [-0.15, -0.1) is 0 Å². The third kappa shape index (κ3) is 5.00. The normalized spacial score (nSPS) is 16.0. The molecule has 1 aliphatic heterocycles. The zero-order chi connectivity index (χ0) is 21.6. The van der Waals surface area contributed by atoms with Gasteiger partial charge in [-0.25, -0.2) is 0 Å². The topological polar surface area (TPSA) is 54.8 Å². The van der Waals surface area contributed by atoms with E-state index in [0.717, 1.165) is 37.6 Å². The third-order valence-corrected chi connectivity index (χ3v) is 6.13. The molecular weight excluding hydrogens is 386 g/mol. The van der Waals surface area contributed by atoms with E-state index >= 15 is 0 Å². The number of hydrogen-bond donors (Lipinski definition) is 0. The van der Waals surface area contributed by atoms with Crippen molar-refractivity contribution in [3.05, 3.63) is 99.7 Å². The van der Waals surface area contributed by atoms with Crippen molar-refractivity contribution in [3.63, 3.8) is 0 Å². The lowest BCUT2D eigenvalue weighted by Crippen LogP contribution is -2.36. The number of rotatable bonds is 7. The number of morpholine rings is 1. The number of nitroso groups, excluding NO2 is 1. The van der Waals surface area contributed by atoms with Crippen LogP contribution in [0.2, 0.25) is 0 Å². The standard InChI is InChI=1S/C26H29N3O2/c1-19-5-3-4-6-24(19)25(18-26(28-30)22-11-12-27-20(2)17-22)21-7-9-23(10-8-21)29-13-15-31-16-14-29/h3-12,17,25-26H,13-16,18H2,1-2H3/t25-,26?/m0/s1. The Labute approximate surface area is 184 Å². The molecule has 0 N–H and O–H groups in total. The molecule has 0 amide bonds. The largest absolute Gasteiger partial charge is 0.378 e. The van der Waals surface area contributed by atoms with Crippen molar-refractivity contribution in [2.75, 3.05) is 31.2 Å². The summed E-state index contributed by atoms with van der Waals surface area (Å²) in [5.74, 6) is 0.0797. The zero-order valence-corrected chi connectivity index (χ0v) is 18.2. The number of aryl methyl sites for hydroxylation is 2. The fraction of sp³-hybridized carbons (Fsp3) is 0.346. The Hall–Kier alpha value is -3.05. The number of benzene rings is 2. The van der Waals surface area contributed by atoms with Crippen LogP contribution in [0.25, 0.3) is 0 Å². The SMILES string of the molecule is Cc1cc(C(C[C@@H](c2ccc(N3CCOCC3)cc2)c2ccccc2C)N=O)ccn1. The summed E-state index contributed by atoms with van der Waals surface area (Å²) in [5, 5.41) is 3.51. The van der Waals surface area contributed by atoms with E-state index in [2.05, 4.69) is 70.5 Å². The summed E-state index contributed by atoms with van der Waals surface area (Å²) in [6, 6.07) is 20.6. The molecule has 5 nitrogen and oxygen atoms in total. The molecule has 5 heteroatoms. The van der Waals surface area contributed by atoms with Gasteiger partial charge in [0, 0.05) is 36.6 Å². The highest BCUT2D eigenvalue weighted by atomic mass is 16.5. The van der Waals surface area contributed by atoms with Crippen LogP contribution in [0.1, 0.15) is 46.3 Å². The van der Waals surface area contributed by atoms with E-state index in [1.54, 1.807) is 6.20 Å². The lowest BCUT2D eigenvalue weighted by molar-refractivity contribution is 0.122. The molecule has 0 saturated carbocycles. The first kappa shape index (κ1) is 21.2. The molecule has 3 aromatic rings. The Bertz CT molecular complexity index is 1010. The van der Waals surface area contributed by atoms with Crippen molar-refractivity contribution in [3.8, 4) is 0 Å². The van der Waals surface area contributed by atoms with Crippen molar-refractivity contribution in [2.24, 2.45) is 5.18 Å². The summed E-state index contributed by atoms with van der Waals surface area (Å²) < 4.78 is 5.47. The molecule has 31 heavy (non-hydrogen) atoms. The highest BCUT2D eigenvalue weighted by molar-refractivity contribution is 5.50. The average Bonchev–Trinajstić information content (AvgIpc) is 2.81. The van der Waals surface area contributed by atoms with Crippen molar-refractivity contribution in [1.29, 1.82) is 0 Å². The molecular formula is C26H29N3O2. The minimum Gasteiger partial charge on any atom is -0.378 e. The van der Waals surface area contributed by atoms with E-state index in [9.17, 15) is 4.91 Å². The third-order valence-electron chi connectivity index (χ3n) is 6.13. The van der Waals surface area contributed by atoms with Gasteiger partial charge in [0.25, 0.3) is 0 Å². The number of pyridine rings is 1. The molecule has 0 bridgehead atoms. The molecule has 0 aliphatic carbocycles. The molecule has 1 saturated heterocycles. The van der Waals surface area contributed by atoms with Gasteiger partial charge >= 0.3 is 0 Å². The molecule has 0 radical (unpaired) electrons. The lowest BCUT2D eigenvalue weighted by atomic mass is 9.82. The summed E-state index contributed by atoms with van der Waals surface area (Å²) in [4.78, 5) is 18.5. The van der Waals surface area contributed by atoms with E-state index in [1.165, 1.54) is 22.4 Å². The number of aromatic nitrogens is 1. The van der Waals surface area contributed by atoms with Crippen LogP contribution in [0.4, 0.5) is 5.69 Å². The van der Waals surface area contributed by atoms with Crippen LogP contribution in [0.15, 0.2) is 72.0 Å². The Morgan fingerprint density at radius 2 is 1.74 bits per heavy atom. The molecule has 2 heterocycles. The van der Waals surface area contributed by atoms with Gasteiger partial charge in [0.2, 0.25) is 0 Å². The molecule has 0 spiro atoms. The minimum atomic E-state index is -0.426. The van der Waals surface area contributed by atoms with Gasteiger partial charge in [0.1, 0.15) is 6.04 Å². The first-order valence-corrected chi connectivity index (χ1v) is 10.9. The van der Waals surface area contributed by atoms with Crippen molar-refractivity contribution >= 4 is 5.69 Å². The Morgan fingerprint density at radius 1 is 1.00 bits per heavy atom. The molecule has 160 valence electrons. The Morgan fingerprint density at radius 3 is 2.42 bits per heavy atom. The fourth-order valence-electron chi connectivity index (χ4n) is 4.40. The van der Waals surface area contributed by atoms with Crippen molar-refractivity contribution < 1.29 is 4.74 Å². The fourth-order valence-corrected chi connectivity index (χ4v) is 4.40. The summed E-state index contributed by atoms with van der Waals surface area (Å²) in [6.45, 7) is 7.44. The van der Waals surface area contributed by atoms with Crippen LogP contribution >= 0.6 is 0 Å². The van der Waals surface area contributed by atoms with Crippen LogP contribution in [0.5, 0.6) is 0 Å². The summed E-state index contributed by atoms with van der Waals surface area (Å²) in [5.41, 5.74) is 6.69. The predicted molar refractivity (Wildman–Crippen MR) is 125 cm³/mol. The van der Waals surface area contributed by atoms with Crippen LogP contribution in [0, 0.1) is 18.8 Å². The Kier molecular flexibility index (Phi) is 6.73. The van der Waals surface area contributed by atoms with E-state index in [-0.39, 0.29) is 5.92 Å². The quantitative estimate of drug-likeness (QED) is 0.474. The molecule has 2 atom stereocenters. The first-order chi connectivity index (χ1) is 15.2. The maximum Gasteiger partial charge on any atom is 0.118 e. The molecule has 4 rings (SSSR count). The number of nitrogens with zero attached hydrogens (tertiary/aromatic N) is 3. The number of ether oxygens (including phenoxy) is 1. The second-order valence-corrected chi connectivity index (χ2v) is 8.19. The minimum absolute atomic E-state index is 0.0797. The second-order valence-electron chi connectivity index (χ2n) is 8.19. The molecule has 1 fully saturated rings. The lowest BCUT2D eigenvalue weighted by Gasteiger charge is -2.29. The van der Waals surface area contributed by atoms with Gasteiger partial charge in [0.05, 0.1) is 13.2 Å². The Balaban J connectivity index is 1.66. The second kappa shape index (κ2) is 9.84. The van der Waals surface area contributed by atoms with Gasteiger partial charge in [-0.1, -0.05) is 41.6 Å². The smallest absolute Gasteiger partial charge is 0.118 e.